The number of nitrogens with one attached hydrogen (secondary N) is 1. The van der Waals surface area contributed by atoms with Gasteiger partial charge in [-0.05, 0) is 46.2 Å². The lowest BCUT2D eigenvalue weighted by molar-refractivity contribution is -0.144. The molecule has 2 N–H and O–H groups in total. The molecule has 1 aliphatic carbocycles. The van der Waals surface area contributed by atoms with Crippen LogP contribution in [0.5, 0.6) is 0 Å². The molecule has 0 bridgehead atoms. The zero-order chi connectivity index (χ0) is 13.9. The normalized spacial score (nSPS) is 25.2. The minimum absolute atomic E-state index is 0.435. The molecule has 1 saturated carbocycles. The largest absolute Gasteiger partial charge is 0.480 e. The molecule has 1 aliphatic heterocycles. The number of piperazine rings is 1. The van der Waals surface area contributed by atoms with Crippen LogP contribution in [0.25, 0.3) is 0 Å². The van der Waals surface area contributed by atoms with Gasteiger partial charge < -0.3 is 14.9 Å². The Kier molecular flexibility index (Phi) is 4.81. The summed E-state index contributed by atoms with van der Waals surface area (Å²) in [6.45, 7) is 7.31. The van der Waals surface area contributed by atoms with Crippen molar-refractivity contribution in [2.24, 2.45) is 0 Å². The Morgan fingerprint density at radius 2 is 1.95 bits per heavy atom. The van der Waals surface area contributed by atoms with E-state index in [1.807, 2.05) is 6.92 Å². The first-order valence-corrected chi connectivity index (χ1v) is 7.41. The molecular formula is C14H27N3O2. The molecule has 2 aliphatic rings. The second-order valence-electron chi connectivity index (χ2n) is 6.30. The molecule has 19 heavy (non-hydrogen) atoms. The van der Waals surface area contributed by atoms with Crippen LogP contribution in [0.15, 0.2) is 0 Å². The van der Waals surface area contributed by atoms with Crippen LogP contribution in [-0.2, 0) is 4.79 Å². The summed E-state index contributed by atoms with van der Waals surface area (Å²) in [5.41, 5.74) is -0.742. The van der Waals surface area contributed by atoms with Crippen LogP contribution in [0, 0.1) is 0 Å². The molecule has 1 atom stereocenters. The topological polar surface area (TPSA) is 55.8 Å². The molecule has 110 valence electrons. The Bertz CT molecular complexity index is 312. The van der Waals surface area contributed by atoms with E-state index in [0.29, 0.717) is 12.5 Å². The van der Waals surface area contributed by atoms with Crippen molar-refractivity contribution in [3.05, 3.63) is 0 Å². The van der Waals surface area contributed by atoms with Crippen LogP contribution in [0.4, 0.5) is 0 Å². The fraction of sp³-hybridized carbons (Fsp3) is 0.929. The summed E-state index contributed by atoms with van der Waals surface area (Å²) >= 11 is 0. The molecule has 0 aromatic heterocycles. The van der Waals surface area contributed by atoms with Crippen molar-refractivity contribution in [1.82, 2.24) is 15.1 Å². The van der Waals surface area contributed by atoms with Crippen LogP contribution in [0.3, 0.4) is 0 Å². The van der Waals surface area contributed by atoms with E-state index in [1.54, 1.807) is 0 Å². The molecule has 1 heterocycles. The predicted octanol–water partition coefficient (Wildman–Crippen LogP) is 0.609. The predicted molar refractivity (Wildman–Crippen MR) is 75.4 cm³/mol. The van der Waals surface area contributed by atoms with Gasteiger partial charge in [-0.15, -0.1) is 0 Å². The number of aliphatic carboxylic acids is 1. The van der Waals surface area contributed by atoms with Gasteiger partial charge in [-0.1, -0.05) is 0 Å². The van der Waals surface area contributed by atoms with Crippen molar-refractivity contribution in [2.45, 2.75) is 44.2 Å². The zero-order valence-electron chi connectivity index (χ0n) is 12.2. The van der Waals surface area contributed by atoms with Crippen molar-refractivity contribution in [3.63, 3.8) is 0 Å². The van der Waals surface area contributed by atoms with Gasteiger partial charge in [0.1, 0.15) is 5.54 Å². The minimum Gasteiger partial charge on any atom is -0.480 e. The summed E-state index contributed by atoms with van der Waals surface area (Å²) in [4.78, 5) is 16.2. The monoisotopic (exact) mass is 269 g/mol. The van der Waals surface area contributed by atoms with E-state index >= 15 is 0 Å². The summed E-state index contributed by atoms with van der Waals surface area (Å²) in [6.07, 6.45) is 3.92. The number of likely N-dealkylation sites (N-methyl/N-ethyl adjacent to an activating group) is 1. The van der Waals surface area contributed by atoms with E-state index in [1.165, 1.54) is 0 Å². The number of nitrogens with zero attached hydrogens (tertiary/aromatic N) is 2. The van der Waals surface area contributed by atoms with Crippen molar-refractivity contribution < 1.29 is 9.90 Å². The van der Waals surface area contributed by atoms with Gasteiger partial charge in [0.15, 0.2) is 0 Å². The second kappa shape index (κ2) is 6.20. The molecule has 0 aromatic rings. The third-order valence-corrected chi connectivity index (χ3v) is 4.32. The molecule has 1 unspecified atom stereocenters. The van der Waals surface area contributed by atoms with Gasteiger partial charge in [-0.25, -0.2) is 0 Å². The molecule has 0 amide bonds. The second-order valence-corrected chi connectivity index (χ2v) is 6.30. The molecule has 2 rings (SSSR count). The van der Waals surface area contributed by atoms with Crippen molar-refractivity contribution >= 4 is 5.97 Å². The van der Waals surface area contributed by atoms with Crippen LogP contribution >= 0.6 is 0 Å². The maximum absolute atomic E-state index is 11.4. The summed E-state index contributed by atoms with van der Waals surface area (Å²) < 4.78 is 0. The maximum atomic E-state index is 11.4. The summed E-state index contributed by atoms with van der Waals surface area (Å²) in [6, 6.07) is 0.435. The van der Waals surface area contributed by atoms with Gasteiger partial charge in [0.05, 0.1) is 0 Å². The first-order chi connectivity index (χ1) is 8.99. The van der Waals surface area contributed by atoms with Crippen LogP contribution < -0.4 is 5.32 Å². The number of carboxylic acid groups (broad SMARTS) is 1. The van der Waals surface area contributed by atoms with E-state index in [9.17, 15) is 9.90 Å². The SMILES string of the molecule is CN1CCN(CCCC(C)(NC2CC2)C(=O)O)CC1. The third kappa shape index (κ3) is 4.44. The molecule has 1 saturated heterocycles. The van der Waals surface area contributed by atoms with Gasteiger partial charge in [-0.2, -0.15) is 0 Å². The summed E-state index contributed by atoms with van der Waals surface area (Å²) in [7, 11) is 2.15. The first kappa shape index (κ1) is 14.8. The Hall–Kier alpha value is -0.650. The molecule has 0 aromatic carbocycles. The average molecular weight is 269 g/mol. The van der Waals surface area contributed by atoms with E-state index in [-0.39, 0.29) is 0 Å². The fourth-order valence-corrected chi connectivity index (χ4v) is 2.65. The molecule has 5 nitrogen and oxygen atoms in total. The first-order valence-electron chi connectivity index (χ1n) is 7.41. The third-order valence-electron chi connectivity index (χ3n) is 4.32. The highest BCUT2D eigenvalue weighted by molar-refractivity contribution is 5.78. The molecule has 5 heteroatoms. The van der Waals surface area contributed by atoms with E-state index in [4.69, 9.17) is 0 Å². The van der Waals surface area contributed by atoms with Gasteiger partial charge in [0.25, 0.3) is 0 Å². The molecular weight excluding hydrogens is 242 g/mol. The Morgan fingerprint density at radius 1 is 1.32 bits per heavy atom. The Balaban J connectivity index is 1.71. The number of hydrogen-bond donors (Lipinski definition) is 2. The van der Waals surface area contributed by atoms with Crippen LogP contribution in [-0.4, -0.2) is 72.2 Å². The lowest BCUT2D eigenvalue weighted by Gasteiger charge is -2.33. The van der Waals surface area contributed by atoms with Gasteiger partial charge in [-0.3, -0.25) is 10.1 Å². The molecule has 2 fully saturated rings. The maximum Gasteiger partial charge on any atom is 0.323 e. The highest BCUT2D eigenvalue weighted by Gasteiger charge is 2.37. The van der Waals surface area contributed by atoms with Crippen molar-refractivity contribution in [3.8, 4) is 0 Å². The molecule has 0 spiro atoms. The fourth-order valence-electron chi connectivity index (χ4n) is 2.65. The van der Waals surface area contributed by atoms with E-state index in [0.717, 1.165) is 52.0 Å². The van der Waals surface area contributed by atoms with Gasteiger partial charge in [0, 0.05) is 32.2 Å². The number of hydrogen-bond acceptors (Lipinski definition) is 4. The van der Waals surface area contributed by atoms with Gasteiger partial charge in [0.2, 0.25) is 0 Å². The summed E-state index contributed by atoms with van der Waals surface area (Å²) in [5.74, 6) is -0.710. The highest BCUT2D eigenvalue weighted by atomic mass is 16.4. The van der Waals surface area contributed by atoms with E-state index < -0.39 is 11.5 Å². The quantitative estimate of drug-likeness (QED) is 0.709. The Morgan fingerprint density at radius 3 is 2.47 bits per heavy atom. The highest BCUT2D eigenvalue weighted by Crippen LogP contribution is 2.25. The number of carboxylic acids is 1. The lowest BCUT2D eigenvalue weighted by Crippen LogP contribution is -2.51. The van der Waals surface area contributed by atoms with Crippen molar-refractivity contribution in [1.29, 1.82) is 0 Å². The smallest absolute Gasteiger partial charge is 0.323 e. The molecule has 0 radical (unpaired) electrons. The van der Waals surface area contributed by atoms with E-state index in [2.05, 4.69) is 22.2 Å². The minimum atomic E-state index is -0.742. The van der Waals surface area contributed by atoms with Crippen molar-refractivity contribution in [2.75, 3.05) is 39.8 Å². The average Bonchev–Trinajstić information content (AvgIpc) is 3.15. The van der Waals surface area contributed by atoms with Crippen LogP contribution in [0.2, 0.25) is 0 Å². The standard InChI is InChI=1S/C14H27N3O2/c1-14(13(18)19,15-12-4-5-12)6-3-7-17-10-8-16(2)9-11-17/h12,15H,3-11H2,1-2H3,(H,18,19). The number of rotatable bonds is 7. The Labute approximate surface area is 115 Å². The summed E-state index contributed by atoms with van der Waals surface area (Å²) in [5, 5.41) is 12.7. The zero-order valence-corrected chi connectivity index (χ0v) is 12.2. The lowest BCUT2D eigenvalue weighted by atomic mass is 9.95. The van der Waals surface area contributed by atoms with Gasteiger partial charge >= 0.3 is 5.97 Å². The van der Waals surface area contributed by atoms with Crippen LogP contribution in [0.1, 0.15) is 32.6 Å². The number of carbonyl (C=O) groups is 1.